The molecule has 0 aliphatic heterocycles. The molecule has 0 atom stereocenters. The van der Waals surface area contributed by atoms with Gasteiger partial charge in [-0.3, -0.25) is 4.55 Å². The first-order valence-electron chi connectivity index (χ1n) is 3.20. The van der Waals surface area contributed by atoms with E-state index < -0.39 is 10.1 Å². The van der Waals surface area contributed by atoms with E-state index in [2.05, 4.69) is 0 Å². The van der Waals surface area contributed by atoms with Crippen LogP contribution in [-0.2, 0) is 14.9 Å². The van der Waals surface area contributed by atoms with Crippen LogP contribution in [0.4, 0.5) is 0 Å². The van der Waals surface area contributed by atoms with E-state index in [-0.39, 0.29) is 63.0 Å². The summed E-state index contributed by atoms with van der Waals surface area (Å²) in [5.74, 6) is -0.293. The molecule has 0 unspecified atom stereocenters. The van der Waals surface area contributed by atoms with Gasteiger partial charge in [-0.25, -0.2) is 0 Å². The van der Waals surface area contributed by atoms with Gasteiger partial charge in [0, 0.05) is 6.61 Å². The maximum Gasteiger partial charge on any atom is 1.00 e. The molecule has 0 radical (unpaired) electrons. The quantitative estimate of drug-likeness (QED) is 0.267. The van der Waals surface area contributed by atoms with Gasteiger partial charge in [0.05, 0.1) is 19.0 Å². The third kappa shape index (κ3) is 13.4. The molecule has 70 valence electrons. The molecule has 0 aliphatic rings. The van der Waals surface area contributed by atoms with Gasteiger partial charge in [0.25, 0.3) is 10.1 Å². The molecule has 0 amide bonds. The van der Waals surface area contributed by atoms with Crippen LogP contribution in [0.15, 0.2) is 0 Å². The van der Waals surface area contributed by atoms with Crippen molar-refractivity contribution < 1.29 is 53.8 Å². The van der Waals surface area contributed by atoms with Gasteiger partial charge >= 0.3 is 29.6 Å². The minimum absolute atomic E-state index is 0. The van der Waals surface area contributed by atoms with E-state index in [1.165, 1.54) is 0 Å². The van der Waals surface area contributed by atoms with E-state index in [9.17, 15) is 8.42 Å². The average molecular weight is 208 g/mol. The number of ether oxygens (including phenoxy) is 1. The molecule has 0 fully saturated rings. The monoisotopic (exact) mass is 208 g/mol. The first kappa shape index (κ1) is 15.3. The Balaban J connectivity index is -0.000000500. The summed E-state index contributed by atoms with van der Waals surface area (Å²) in [7, 11) is -3.85. The molecule has 0 aromatic rings. The van der Waals surface area contributed by atoms with E-state index in [1.54, 1.807) is 0 Å². The van der Waals surface area contributed by atoms with Crippen molar-refractivity contribution in [3.8, 4) is 0 Å². The van der Waals surface area contributed by atoms with E-state index >= 15 is 0 Å². The van der Waals surface area contributed by atoms with Crippen molar-refractivity contribution in [2.45, 2.75) is 6.42 Å². The fourth-order valence-electron chi connectivity index (χ4n) is 0.510. The van der Waals surface area contributed by atoms with Crippen molar-refractivity contribution in [3.63, 3.8) is 0 Å². The van der Waals surface area contributed by atoms with E-state index in [0.717, 1.165) is 0 Å². The molecule has 7 heteroatoms. The van der Waals surface area contributed by atoms with Gasteiger partial charge in [0.2, 0.25) is 0 Å². The molecule has 0 spiro atoms. The summed E-state index contributed by atoms with van der Waals surface area (Å²) >= 11 is 0. The maximum absolute atomic E-state index is 10.1. The summed E-state index contributed by atoms with van der Waals surface area (Å²) < 4.78 is 33.2. The number of hydrogen-bond donors (Lipinski definition) is 2. The second-order valence-corrected chi connectivity index (χ2v) is 3.55. The molecular formula is C5H13NaO5S. The summed E-state index contributed by atoms with van der Waals surface area (Å²) in [5, 5.41) is 8.23. The predicted octanol–water partition coefficient (Wildman–Crippen LogP) is -3.61. The van der Waals surface area contributed by atoms with E-state index in [4.69, 9.17) is 14.4 Å². The zero-order chi connectivity index (χ0) is 8.74. The SMILES string of the molecule is O=S(=O)(O)CCCOCCO.[H-].[Na+]. The normalized spacial score (nSPS) is 10.8. The Bertz CT molecular complexity index is 183. The third-order valence-electron chi connectivity index (χ3n) is 0.927. The van der Waals surface area contributed by atoms with Gasteiger partial charge in [-0.05, 0) is 6.42 Å². The Morgan fingerprint density at radius 1 is 1.33 bits per heavy atom. The van der Waals surface area contributed by atoms with Crippen molar-refractivity contribution in [1.82, 2.24) is 0 Å². The van der Waals surface area contributed by atoms with Crippen LogP contribution in [0.25, 0.3) is 0 Å². The fraction of sp³-hybridized carbons (Fsp3) is 1.00. The Kier molecular flexibility index (Phi) is 10.8. The van der Waals surface area contributed by atoms with Gasteiger partial charge in [-0.15, -0.1) is 0 Å². The van der Waals surface area contributed by atoms with Gasteiger partial charge in [0.15, 0.2) is 0 Å². The van der Waals surface area contributed by atoms with Gasteiger partial charge < -0.3 is 11.3 Å². The number of hydrogen-bond acceptors (Lipinski definition) is 4. The second kappa shape index (κ2) is 8.43. The summed E-state index contributed by atoms with van der Waals surface area (Å²) in [6.45, 7) is 0.359. The summed E-state index contributed by atoms with van der Waals surface area (Å²) in [4.78, 5) is 0. The Labute approximate surface area is 95.6 Å². The molecule has 0 saturated heterocycles. The molecule has 12 heavy (non-hydrogen) atoms. The first-order valence-corrected chi connectivity index (χ1v) is 4.81. The van der Waals surface area contributed by atoms with Crippen molar-refractivity contribution in [1.29, 1.82) is 0 Å². The molecule has 0 rings (SSSR count). The van der Waals surface area contributed by atoms with Crippen LogP contribution < -0.4 is 29.6 Å². The third-order valence-corrected chi connectivity index (χ3v) is 1.73. The van der Waals surface area contributed by atoms with Crippen LogP contribution in [0, 0.1) is 0 Å². The Morgan fingerprint density at radius 2 is 1.92 bits per heavy atom. The van der Waals surface area contributed by atoms with Crippen molar-refractivity contribution in [2.24, 2.45) is 0 Å². The Morgan fingerprint density at radius 3 is 2.33 bits per heavy atom. The maximum atomic E-state index is 10.1. The summed E-state index contributed by atoms with van der Waals surface area (Å²) in [5.41, 5.74) is 0. The van der Waals surface area contributed by atoms with Gasteiger partial charge in [-0.2, -0.15) is 8.42 Å². The topological polar surface area (TPSA) is 83.8 Å². The van der Waals surface area contributed by atoms with Crippen LogP contribution >= 0.6 is 0 Å². The fourth-order valence-corrected chi connectivity index (χ4v) is 0.993. The molecule has 0 aliphatic carbocycles. The molecule has 0 aromatic carbocycles. The van der Waals surface area contributed by atoms with E-state index in [1.807, 2.05) is 0 Å². The Hall–Kier alpha value is 0.830. The van der Waals surface area contributed by atoms with Crippen molar-refractivity contribution >= 4 is 10.1 Å². The number of rotatable bonds is 6. The molecule has 5 nitrogen and oxygen atoms in total. The zero-order valence-corrected chi connectivity index (χ0v) is 9.88. The van der Waals surface area contributed by atoms with Crippen LogP contribution in [0.1, 0.15) is 7.85 Å². The standard InChI is InChI=1S/C5H12O5S.Na.H/c6-2-4-10-3-1-5-11(7,8)9;;/h6H,1-5H2,(H,7,8,9);;/q;+1;-1. The first-order chi connectivity index (χ1) is 5.06. The molecule has 0 bridgehead atoms. The largest absolute Gasteiger partial charge is 1.00 e. The molecule has 0 saturated carbocycles. The molecular weight excluding hydrogens is 195 g/mol. The van der Waals surface area contributed by atoms with E-state index in [0.29, 0.717) is 0 Å². The van der Waals surface area contributed by atoms with Crippen molar-refractivity contribution in [2.75, 3.05) is 25.6 Å². The predicted molar refractivity (Wildman–Crippen MR) is 40.0 cm³/mol. The molecule has 0 aromatic heterocycles. The van der Waals surface area contributed by atoms with Crippen LogP contribution in [-0.4, -0.2) is 43.7 Å². The minimum atomic E-state index is -3.85. The van der Waals surface area contributed by atoms with Gasteiger partial charge in [0.1, 0.15) is 0 Å². The smallest absolute Gasteiger partial charge is 1.00 e. The summed E-state index contributed by atoms with van der Waals surface area (Å²) in [6.07, 6.45) is 0.249. The zero-order valence-electron chi connectivity index (χ0n) is 8.06. The number of aliphatic hydroxyl groups is 1. The van der Waals surface area contributed by atoms with Crippen LogP contribution in [0.3, 0.4) is 0 Å². The van der Waals surface area contributed by atoms with Crippen LogP contribution in [0.2, 0.25) is 0 Å². The molecule has 0 heterocycles. The van der Waals surface area contributed by atoms with Crippen molar-refractivity contribution in [3.05, 3.63) is 0 Å². The molecule has 2 N–H and O–H groups in total. The van der Waals surface area contributed by atoms with Crippen LogP contribution in [0.5, 0.6) is 0 Å². The average Bonchev–Trinajstić information content (AvgIpc) is 1.85. The summed E-state index contributed by atoms with van der Waals surface area (Å²) in [6, 6.07) is 0. The van der Waals surface area contributed by atoms with Gasteiger partial charge in [-0.1, -0.05) is 0 Å². The minimum Gasteiger partial charge on any atom is -1.00 e. The second-order valence-electron chi connectivity index (χ2n) is 1.98. The number of aliphatic hydroxyl groups excluding tert-OH is 1.